The van der Waals surface area contributed by atoms with Gasteiger partial charge in [0.05, 0.1) is 24.4 Å². The summed E-state index contributed by atoms with van der Waals surface area (Å²) in [7, 11) is 0. The molecule has 1 amide bonds. The molecular formula is C23H20FN3O4S. The van der Waals surface area contributed by atoms with Gasteiger partial charge >= 0.3 is 5.69 Å². The molecule has 164 valence electrons. The standard InChI is InChI=1S/C23H20FN3O4S/c1-2-31-16-9-7-15(8-10-16)13-27-22(29)21-19(11-12-32-21)26(23(27)30)14-20(28)25-18-6-4-3-5-17(18)24/h3-12H,2,13-14H2,1H3,(H,25,28). The number of amides is 1. The molecule has 2 aromatic heterocycles. The Bertz CT molecular complexity index is 1390. The average Bonchev–Trinajstić information content (AvgIpc) is 3.27. The lowest BCUT2D eigenvalue weighted by atomic mass is 10.2. The molecule has 0 spiro atoms. The van der Waals surface area contributed by atoms with Crippen molar-refractivity contribution in [1.82, 2.24) is 9.13 Å². The highest BCUT2D eigenvalue weighted by molar-refractivity contribution is 7.17. The van der Waals surface area contributed by atoms with Crippen LogP contribution in [0.2, 0.25) is 0 Å². The molecule has 0 aliphatic rings. The highest BCUT2D eigenvalue weighted by Gasteiger charge is 2.17. The van der Waals surface area contributed by atoms with Gasteiger partial charge in [0.25, 0.3) is 5.56 Å². The monoisotopic (exact) mass is 453 g/mol. The Morgan fingerprint density at radius 2 is 1.81 bits per heavy atom. The first-order valence-corrected chi connectivity index (χ1v) is 10.8. The van der Waals surface area contributed by atoms with E-state index in [0.717, 1.165) is 10.1 Å². The number of anilines is 1. The molecule has 0 saturated carbocycles. The first-order valence-electron chi connectivity index (χ1n) is 9.95. The molecule has 2 heterocycles. The maximum atomic E-state index is 13.9. The fraction of sp³-hybridized carbons (Fsp3) is 0.174. The number of benzene rings is 2. The van der Waals surface area contributed by atoms with E-state index in [0.29, 0.717) is 22.6 Å². The molecule has 2 aromatic carbocycles. The SMILES string of the molecule is CCOc1ccc(Cn2c(=O)c3sccc3n(CC(=O)Nc3ccccc3F)c2=O)cc1. The summed E-state index contributed by atoms with van der Waals surface area (Å²) in [6.45, 7) is 2.11. The quantitative estimate of drug-likeness (QED) is 0.465. The molecule has 0 saturated heterocycles. The van der Waals surface area contributed by atoms with Gasteiger partial charge in [0.1, 0.15) is 22.8 Å². The number of para-hydroxylation sites is 1. The van der Waals surface area contributed by atoms with E-state index >= 15 is 0 Å². The lowest BCUT2D eigenvalue weighted by molar-refractivity contribution is -0.116. The zero-order chi connectivity index (χ0) is 22.7. The normalized spacial score (nSPS) is 10.9. The van der Waals surface area contributed by atoms with Crippen molar-refractivity contribution in [3.05, 3.63) is 92.2 Å². The van der Waals surface area contributed by atoms with Crippen LogP contribution < -0.4 is 21.3 Å². The number of fused-ring (bicyclic) bond motifs is 1. The fourth-order valence-corrected chi connectivity index (χ4v) is 4.20. The summed E-state index contributed by atoms with van der Waals surface area (Å²) in [5.41, 5.74) is 0.107. The number of hydrogen-bond acceptors (Lipinski definition) is 5. The Labute approximate surface area is 186 Å². The van der Waals surface area contributed by atoms with Crippen LogP contribution in [0, 0.1) is 5.82 Å². The Balaban J connectivity index is 1.68. The third-order valence-corrected chi connectivity index (χ3v) is 5.75. The summed E-state index contributed by atoms with van der Waals surface area (Å²) >= 11 is 1.20. The van der Waals surface area contributed by atoms with Crippen LogP contribution in [0.1, 0.15) is 12.5 Å². The first kappa shape index (κ1) is 21.5. The molecule has 0 fully saturated rings. The smallest absolute Gasteiger partial charge is 0.332 e. The third kappa shape index (κ3) is 4.33. The van der Waals surface area contributed by atoms with E-state index in [1.165, 1.54) is 34.1 Å². The second kappa shape index (κ2) is 9.19. The number of rotatable bonds is 7. The van der Waals surface area contributed by atoms with Crippen molar-refractivity contribution in [2.45, 2.75) is 20.0 Å². The van der Waals surface area contributed by atoms with E-state index in [1.807, 2.05) is 6.92 Å². The molecule has 0 bridgehead atoms. The molecule has 7 nitrogen and oxygen atoms in total. The van der Waals surface area contributed by atoms with E-state index in [4.69, 9.17) is 4.74 Å². The van der Waals surface area contributed by atoms with E-state index < -0.39 is 23.0 Å². The number of halogens is 1. The summed E-state index contributed by atoms with van der Waals surface area (Å²) in [5, 5.41) is 4.17. The Morgan fingerprint density at radius 1 is 1.06 bits per heavy atom. The number of carbonyl (C=O) groups excluding carboxylic acids is 1. The predicted octanol–water partition coefficient (Wildman–Crippen LogP) is 3.45. The zero-order valence-electron chi connectivity index (χ0n) is 17.2. The molecule has 0 radical (unpaired) electrons. The van der Waals surface area contributed by atoms with E-state index in [2.05, 4.69) is 5.32 Å². The van der Waals surface area contributed by atoms with Crippen molar-refractivity contribution in [3.8, 4) is 5.75 Å². The molecule has 0 aliphatic carbocycles. The van der Waals surface area contributed by atoms with E-state index in [9.17, 15) is 18.8 Å². The van der Waals surface area contributed by atoms with Crippen LogP contribution in [0.15, 0.2) is 69.6 Å². The second-order valence-corrected chi connectivity index (χ2v) is 7.92. The van der Waals surface area contributed by atoms with Crippen molar-refractivity contribution in [2.75, 3.05) is 11.9 Å². The molecular weight excluding hydrogens is 433 g/mol. The third-order valence-electron chi connectivity index (χ3n) is 4.86. The van der Waals surface area contributed by atoms with Gasteiger partial charge in [0.2, 0.25) is 5.91 Å². The van der Waals surface area contributed by atoms with Crippen molar-refractivity contribution >= 4 is 33.1 Å². The van der Waals surface area contributed by atoms with Crippen molar-refractivity contribution < 1.29 is 13.9 Å². The van der Waals surface area contributed by atoms with Crippen molar-refractivity contribution in [1.29, 1.82) is 0 Å². The van der Waals surface area contributed by atoms with Gasteiger partial charge in [-0.2, -0.15) is 0 Å². The van der Waals surface area contributed by atoms with Gasteiger partial charge in [-0.1, -0.05) is 24.3 Å². The first-order chi connectivity index (χ1) is 15.5. The van der Waals surface area contributed by atoms with Gasteiger partial charge in [-0.05, 0) is 48.2 Å². The number of aromatic nitrogens is 2. The second-order valence-electron chi connectivity index (χ2n) is 7.00. The number of carbonyl (C=O) groups is 1. The van der Waals surface area contributed by atoms with Crippen LogP contribution in [0.4, 0.5) is 10.1 Å². The van der Waals surface area contributed by atoms with Crippen LogP contribution in [-0.4, -0.2) is 21.6 Å². The summed E-state index contributed by atoms with van der Waals surface area (Å²) in [5.74, 6) is -0.454. The Kier molecular flexibility index (Phi) is 6.18. The topological polar surface area (TPSA) is 82.3 Å². The Morgan fingerprint density at radius 3 is 2.53 bits per heavy atom. The largest absolute Gasteiger partial charge is 0.494 e. The van der Waals surface area contributed by atoms with Crippen LogP contribution in [0.25, 0.3) is 10.2 Å². The van der Waals surface area contributed by atoms with Crippen LogP contribution in [0.3, 0.4) is 0 Å². The van der Waals surface area contributed by atoms with Gasteiger partial charge in [-0.15, -0.1) is 11.3 Å². The van der Waals surface area contributed by atoms with Gasteiger partial charge in [-0.25, -0.2) is 9.18 Å². The molecule has 0 atom stereocenters. The maximum Gasteiger partial charge on any atom is 0.332 e. The molecule has 0 unspecified atom stereocenters. The van der Waals surface area contributed by atoms with Crippen LogP contribution in [-0.2, 0) is 17.9 Å². The number of nitrogens with zero attached hydrogens (tertiary/aromatic N) is 2. The number of hydrogen-bond donors (Lipinski definition) is 1. The predicted molar refractivity (Wildman–Crippen MR) is 122 cm³/mol. The minimum absolute atomic E-state index is 0.0230. The lowest BCUT2D eigenvalue weighted by Crippen LogP contribution is -2.41. The average molecular weight is 453 g/mol. The molecule has 1 N–H and O–H groups in total. The van der Waals surface area contributed by atoms with E-state index in [1.54, 1.807) is 41.8 Å². The minimum Gasteiger partial charge on any atom is -0.494 e. The molecule has 4 aromatic rings. The van der Waals surface area contributed by atoms with E-state index in [-0.39, 0.29) is 18.8 Å². The van der Waals surface area contributed by atoms with Crippen LogP contribution in [0.5, 0.6) is 5.75 Å². The summed E-state index contributed by atoms with van der Waals surface area (Å²) in [6.07, 6.45) is 0. The van der Waals surface area contributed by atoms with Crippen LogP contribution >= 0.6 is 11.3 Å². The Hall–Kier alpha value is -3.72. The van der Waals surface area contributed by atoms with Gasteiger partial charge in [0, 0.05) is 0 Å². The lowest BCUT2D eigenvalue weighted by Gasteiger charge is -2.13. The summed E-state index contributed by atoms with van der Waals surface area (Å²) in [4.78, 5) is 38.7. The summed E-state index contributed by atoms with van der Waals surface area (Å²) < 4.78 is 22.0. The minimum atomic E-state index is -0.613. The molecule has 4 rings (SSSR count). The molecule has 0 aliphatic heterocycles. The van der Waals surface area contributed by atoms with Crippen molar-refractivity contribution in [3.63, 3.8) is 0 Å². The summed E-state index contributed by atoms with van der Waals surface area (Å²) in [6, 6.07) is 14.5. The number of ether oxygens (including phenoxy) is 1. The van der Waals surface area contributed by atoms with Gasteiger partial charge < -0.3 is 10.1 Å². The van der Waals surface area contributed by atoms with Crippen molar-refractivity contribution in [2.24, 2.45) is 0 Å². The van der Waals surface area contributed by atoms with Gasteiger partial charge in [-0.3, -0.25) is 18.7 Å². The number of thiophene rings is 1. The highest BCUT2D eigenvalue weighted by atomic mass is 32.1. The number of nitrogens with one attached hydrogen (secondary N) is 1. The molecule has 9 heteroatoms. The maximum absolute atomic E-state index is 13.9. The zero-order valence-corrected chi connectivity index (χ0v) is 18.0. The highest BCUT2D eigenvalue weighted by Crippen LogP contribution is 2.17. The molecule has 32 heavy (non-hydrogen) atoms. The van der Waals surface area contributed by atoms with Gasteiger partial charge in [0.15, 0.2) is 0 Å². The fourth-order valence-electron chi connectivity index (χ4n) is 3.36.